The fourth-order valence-corrected chi connectivity index (χ4v) is 1.90. The van der Waals surface area contributed by atoms with Gasteiger partial charge in [0, 0.05) is 11.1 Å². The molecule has 2 aromatic rings. The number of carbonyl (C=O) groups excluding carboxylic acids is 2. The first-order valence-electron chi connectivity index (χ1n) is 6.86. The number of halogens is 1. The monoisotopic (exact) mass is 297 g/mol. The highest BCUT2D eigenvalue weighted by Crippen LogP contribution is 2.07. The van der Waals surface area contributed by atoms with Gasteiger partial charge < -0.3 is 5.32 Å². The summed E-state index contributed by atoms with van der Waals surface area (Å²) in [6.07, 6.45) is 1.75. The van der Waals surface area contributed by atoms with Crippen molar-refractivity contribution in [2.45, 2.75) is 6.92 Å². The van der Waals surface area contributed by atoms with Crippen LogP contribution in [0.2, 0.25) is 0 Å². The molecule has 0 aromatic heterocycles. The lowest BCUT2D eigenvalue weighted by molar-refractivity contribution is -0.117. The smallest absolute Gasteiger partial charge is 0.247 e. The zero-order valence-corrected chi connectivity index (χ0v) is 12.2. The normalized spacial score (nSPS) is 11.1. The predicted molar refractivity (Wildman–Crippen MR) is 83.8 cm³/mol. The van der Waals surface area contributed by atoms with Crippen molar-refractivity contribution >= 4 is 17.8 Å². The summed E-state index contributed by atoms with van der Waals surface area (Å²) < 4.78 is 12.8. The molecule has 4 heteroatoms. The van der Waals surface area contributed by atoms with Gasteiger partial charge in [0.1, 0.15) is 5.82 Å². The van der Waals surface area contributed by atoms with Crippen molar-refractivity contribution in [1.82, 2.24) is 5.32 Å². The lowest BCUT2D eigenvalue weighted by Crippen LogP contribution is -2.30. The summed E-state index contributed by atoms with van der Waals surface area (Å²) in [5, 5.41) is 2.57. The number of nitrogens with one attached hydrogen (secondary N) is 1. The third kappa shape index (κ3) is 4.38. The topological polar surface area (TPSA) is 46.2 Å². The summed E-state index contributed by atoms with van der Waals surface area (Å²) in [6.45, 7) is 1.56. The molecule has 3 nitrogen and oxygen atoms in total. The maximum Gasteiger partial charge on any atom is 0.247 e. The van der Waals surface area contributed by atoms with Crippen molar-refractivity contribution in [2.75, 3.05) is 6.54 Å². The van der Waals surface area contributed by atoms with Gasteiger partial charge >= 0.3 is 0 Å². The van der Waals surface area contributed by atoms with E-state index in [4.69, 9.17) is 0 Å². The Hall–Kier alpha value is -2.75. The highest BCUT2D eigenvalue weighted by molar-refractivity contribution is 6.03. The van der Waals surface area contributed by atoms with Crippen molar-refractivity contribution in [2.24, 2.45) is 0 Å². The van der Waals surface area contributed by atoms with Crippen LogP contribution < -0.4 is 5.32 Å². The molecule has 0 aliphatic heterocycles. The molecule has 1 amide bonds. The Labute approximate surface area is 128 Å². The van der Waals surface area contributed by atoms with E-state index in [1.807, 2.05) is 30.3 Å². The number of carbonyl (C=O) groups is 2. The van der Waals surface area contributed by atoms with Gasteiger partial charge in [0.05, 0.1) is 6.54 Å². The maximum atomic E-state index is 12.8. The molecule has 0 saturated carbocycles. The summed E-state index contributed by atoms with van der Waals surface area (Å²) in [7, 11) is 0. The maximum absolute atomic E-state index is 12.8. The Bertz CT molecular complexity index is 691. The summed E-state index contributed by atoms with van der Waals surface area (Å²) in [4.78, 5) is 23.8. The van der Waals surface area contributed by atoms with Gasteiger partial charge in [-0.25, -0.2) is 4.39 Å². The third-order valence-electron chi connectivity index (χ3n) is 3.12. The highest BCUT2D eigenvalue weighted by Gasteiger charge is 2.09. The van der Waals surface area contributed by atoms with E-state index < -0.39 is 5.82 Å². The fraction of sp³-hybridized carbons (Fsp3) is 0.111. The highest BCUT2D eigenvalue weighted by atomic mass is 19.1. The van der Waals surface area contributed by atoms with E-state index in [0.717, 1.165) is 5.56 Å². The number of ketones is 1. The fourth-order valence-electron chi connectivity index (χ4n) is 1.90. The van der Waals surface area contributed by atoms with E-state index in [2.05, 4.69) is 5.32 Å². The molecule has 0 spiro atoms. The lowest BCUT2D eigenvalue weighted by atomic mass is 10.1. The molecule has 22 heavy (non-hydrogen) atoms. The van der Waals surface area contributed by atoms with Gasteiger partial charge in [-0.3, -0.25) is 9.59 Å². The van der Waals surface area contributed by atoms with Gasteiger partial charge in [-0.05, 0) is 42.8 Å². The Morgan fingerprint density at radius 1 is 1.05 bits per heavy atom. The van der Waals surface area contributed by atoms with Crippen molar-refractivity contribution in [1.29, 1.82) is 0 Å². The van der Waals surface area contributed by atoms with Gasteiger partial charge in [-0.15, -0.1) is 0 Å². The number of hydrogen-bond donors (Lipinski definition) is 1. The van der Waals surface area contributed by atoms with Gasteiger partial charge in [-0.2, -0.15) is 0 Å². The molecule has 0 unspecified atom stereocenters. The van der Waals surface area contributed by atoms with E-state index in [9.17, 15) is 14.0 Å². The standard InChI is InChI=1S/C18H16FNO2/c1-13(11-14-5-3-2-4-6-14)18(22)20-12-17(21)15-7-9-16(19)10-8-15/h2-11H,12H2,1H3,(H,20,22)/b13-11+. The quantitative estimate of drug-likeness (QED) is 0.680. The van der Waals surface area contributed by atoms with Crippen molar-refractivity contribution in [3.63, 3.8) is 0 Å². The van der Waals surface area contributed by atoms with E-state index in [0.29, 0.717) is 11.1 Å². The van der Waals surface area contributed by atoms with Crippen molar-refractivity contribution in [3.8, 4) is 0 Å². The van der Waals surface area contributed by atoms with Crippen LogP contribution in [0.3, 0.4) is 0 Å². The van der Waals surface area contributed by atoms with Crippen LogP contribution in [0.5, 0.6) is 0 Å². The molecule has 0 fully saturated rings. The summed E-state index contributed by atoms with van der Waals surface area (Å²) >= 11 is 0. The van der Waals surface area contributed by atoms with Crippen LogP contribution in [0.15, 0.2) is 60.2 Å². The zero-order valence-electron chi connectivity index (χ0n) is 12.2. The minimum absolute atomic E-state index is 0.121. The van der Waals surface area contributed by atoms with Crippen LogP contribution in [-0.2, 0) is 4.79 Å². The second-order valence-corrected chi connectivity index (χ2v) is 4.85. The average molecular weight is 297 g/mol. The number of hydrogen-bond acceptors (Lipinski definition) is 2. The van der Waals surface area contributed by atoms with Crippen LogP contribution in [0.25, 0.3) is 6.08 Å². The van der Waals surface area contributed by atoms with E-state index in [1.54, 1.807) is 13.0 Å². The molecule has 0 atom stereocenters. The molecule has 0 aliphatic rings. The molecule has 2 rings (SSSR count). The molecular formula is C18H16FNO2. The Morgan fingerprint density at radius 2 is 1.68 bits per heavy atom. The molecule has 0 radical (unpaired) electrons. The summed E-state index contributed by atoms with van der Waals surface area (Å²) in [6, 6.07) is 14.7. The van der Waals surface area contributed by atoms with E-state index in [1.165, 1.54) is 24.3 Å². The SMILES string of the molecule is C/C(=C\c1ccccc1)C(=O)NCC(=O)c1ccc(F)cc1. The molecule has 0 saturated heterocycles. The molecule has 2 aromatic carbocycles. The molecule has 0 bridgehead atoms. The lowest BCUT2D eigenvalue weighted by Gasteiger charge is -2.05. The summed E-state index contributed by atoms with van der Waals surface area (Å²) in [5.74, 6) is -0.970. The molecule has 112 valence electrons. The Kier molecular flexibility index (Phi) is 5.20. The van der Waals surface area contributed by atoms with Crippen molar-refractivity contribution in [3.05, 3.63) is 77.1 Å². The Morgan fingerprint density at radius 3 is 2.32 bits per heavy atom. The molecular weight excluding hydrogens is 281 g/mol. The van der Waals surface area contributed by atoms with Gasteiger partial charge in [0.15, 0.2) is 5.78 Å². The minimum atomic E-state index is -0.401. The third-order valence-corrected chi connectivity index (χ3v) is 3.12. The minimum Gasteiger partial charge on any atom is -0.345 e. The van der Waals surface area contributed by atoms with E-state index in [-0.39, 0.29) is 18.2 Å². The van der Waals surface area contributed by atoms with Crippen LogP contribution in [-0.4, -0.2) is 18.2 Å². The van der Waals surface area contributed by atoms with Gasteiger partial charge in [0.2, 0.25) is 5.91 Å². The first-order chi connectivity index (χ1) is 10.6. The predicted octanol–water partition coefficient (Wildman–Crippen LogP) is 3.23. The zero-order chi connectivity index (χ0) is 15.9. The number of Topliss-reactive ketones (excluding diaryl/α,β-unsaturated/α-hetero) is 1. The second kappa shape index (κ2) is 7.31. The molecule has 1 N–H and O–H groups in total. The molecule has 0 aliphatic carbocycles. The van der Waals surface area contributed by atoms with Crippen LogP contribution in [0.4, 0.5) is 4.39 Å². The van der Waals surface area contributed by atoms with E-state index >= 15 is 0 Å². The number of rotatable bonds is 5. The van der Waals surface area contributed by atoms with Crippen molar-refractivity contribution < 1.29 is 14.0 Å². The molecule has 0 heterocycles. The Balaban J connectivity index is 1.93. The van der Waals surface area contributed by atoms with Gasteiger partial charge in [0.25, 0.3) is 0 Å². The first-order valence-corrected chi connectivity index (χ1v) is 6.86. The second-order valence-electron chi connectivity index (χ2n) is 4.85. The summed E-state index contributed by atoms with van der Waals surface area (Å²) in [5.41, 5.74) is 1.80. The van der Waals surface area contributed by atoms with Gasteiger partial charge in [-0.1, -0.05) is 30.3 Å². The largest absolute Gasteiger partial charge is 0.345 e. The number of benzene rings is 2. The average Bonchev–Trinajstić information content (AvgIpc) is 2.53. The first kappa shape index (κ1) is 15.6. The number of amides is 1. The van der Waals surface area contributed by atoms with Crippen LogP contribution in [0, 0.1) is 5.82 Å². The van der Waals surface area contributed by atoms with Crippen LogP contribution in [0.1, 0.15) is 22.8 Å². The van der Waals surface area contributed by atoms with Crippen LogP contribution >= 0.6 is 0 Å².